The van der Waals surface area contributed by atoms with E-state index in [4.69, 9.17) is 16.3 Å². The summed E-state index contributed by atoms with van der Waals surface area (Å²) in [5.41, 5.74) is 0.724. The van der Waals surface area contributed by atoms with Crippen LogP contribution >= 0.6 is 11.6 Å². The molecule has 0 saturated carbocycles. The SMILES string of the molecule is CCOc1cc(F)c(Cl)cc1C(=O)NCC(C)(C)CC(=O)Nc1c(C[C@@H](C)N(C)C)n(C)n(-c2ccccc2)c1=O. The standard InChI is InChI=1S/C30H39ClFN5O4/c1-8-41-25-16-23(32)22(31)15-21(25)28(39)33-18-30(3,4)17-26(38)34-27-24(14-19(2)35(5)6)36(7)37(29(27)40)20-12-10-9-11-13-20/h9-13,15-16,19H,8,14,17-18H2,1-7H3,(H,33,39)(H,34,38)/t19-/m1/s1. The number of halogens is 2. The number of ether oxygens (including phenoxy) is 1. The second-order valence-electron chi connectivity index (χ2n) is 11.1. The summed E-state index contributed by atoms with van der Waals surface area (Å²) in [5, 5.41) is 5.47. The van der Waals surface area contributed by atoms with Crippen LogP contribution in [-0.4, -0.2) is 59.4 Å². The first-order valence-electron chi connectivity index (χ1n) is 13.5. The Morgan fingerprint density at radius 2 is 1.83 bits per heavy atom. The van der Waals surface area contributed by atoms with Gasteiger partial charge in [0.1, 0.15) is 17.3 Å². The van der Waals surface area contributed by atoms with Gasteiger partial charge in [0.2, 0.25) is 5.91 Å². The van der Waals surface area contributed by atoms with Gasteiger partial charge in [-0.3, -0.25) is 19.1 Å². The van der Waals surface area contributed by atoms with E-state index in [2.05, 4.69) is 10.6 Å². The van der Waals surface area contributed by atoms with Crippen molar-refractivity contribution in [1.29, 1.82) is 0 Å². The molecule has 222 valence electrons. The summed E-state index contributed by atoms with van der Waals surface area (Å²) in [6.07, 6.45) is 0.564. The van der Waals surface area contributed by atoms with Crippen LogP contribution in [0.15, 0.2) is 47.3 Å². The van der Waals surface area contributed by atoms with Crippen molar-refractivity contribution in [2.24, 2.45) is 12.5 Å². The van der Waals surface area contributed by atoms with Crippen molar-refractivity contribution >= 4 is 29.1 Å². The minimum atomic E-state index is -0.685. The smallest absolute Gasteiger partial charge is 0.295 e. The van der Waals surface area contributed by atoms with E-state index in [1.807, 2.05) is 70.1 Å². The van der Waals surface area contributed by atoms with Gasteiger partial charge in [-0.15, -0.1) is 0 Å². The first-order valence-corrected chi connectivity index (χ1v) is 13.9. The maximum absolute atomic E-state index is 13.9. The first-order chi connectivity index (χ1) is 19.3. The number of anilines is 1. The lowest BCUT2D eigenvalue weighted by molar-refractivity contribution is -0.118. The zero-order valence-corrected chi connectivity index (χ0v) is 25.4. The molecule has 0 spiro atoms. The molecule has 1 aromatic heterocycles. The molecule has 0 aliphatic rings. The van der Waals surface area contributed by atoms with E-state index in [1.165, 1.54) is 6.07 Å². The zero-order valence-electron chi connectivity index (χ0n) is 24.7. The third-order valence-corrected chi connectivity index (χ3v) is 7.24. The van der Waals surface area contributed by atoms with Crippen molar-refractivity contribution in [1.82, 2.24) is 19.6 Å². The van der Waals surface area contributed by atoms with Crippen LogP contribution in [0, 0.1) is 11.2 Å². The van der Waals surface area contributed by atoms with Crippen LogP contribution in [0.5, 0.6) is 5.75 Å². The molecular weight excluding hydrogens is 549 g/mol. The van der Waals surface area contributed by atoms with Crippen molar-refractivity contribution in [2.75, 3.05) is 32.6 Å². The van der Waals surface area contributed by atoms with E-state index in [-0.39, 0.29) is 59.1 Å². The molecule has 0 fully saturated rings. The number of hydrogen-bond acceptors (Lipinski definition) is 5. The van der Waals surface area contributed by atoms with Gasteiger partial charge in [0, 0.05) is 38.5 Å². The molecule has 3 rings (SSSR count). The number of likely N-dealkylation sites (N-methyl/N-ethyl adjacent to an activating group) is 1. The molecule has 2 N–H and O–H groups in total. The highest BCUT2D eigenvalue weighted by Gasteiger charge is 2.28. The predicted molar refractivity (Wildman–Crippen MR) is 160 cm³/mol. The second kappa shape index (κ2) is 13.4. The molecule has 3 aromatic rings. The number of hydrogen-bond donors (Lipinski definition) is 2. The Bertz CT molecular complexity index is 1450. The van der Waals surface area contributed by atoms with Gasteiger partial charge in [0.15, 0.2) is 0 Å². The molecule has 11 heteroatoms. The normalized spacial score (nSPS) is 12.3. The first kappa shape index (κ1) is 31.9. The quantitative estimate of drug-likeness (QED) is 0.322. The van der Waals surface area contributed by atoms with Crippen LogP contribution in [0.1, 0.15) is 50.2 Å². The van der Waals surface area contributed by atoms with Gasteiger partial charge >= 0.3 is 0 Å². The van der Waals surface area contributed by atoms with Gasteiger partial charge < -0.3 is 20.3 Å². The monoisotopic (exact) mass is 587 g/mol. The third kappa shape index (κ3) is 7.77. The maximum atomic E-state index is 13.9. The Labute approximate surface area is 245 Å². The second-order valence-corrected chi connectivity index (χ2v) is 11.5. The number of carbonyl (C=O) groups excluding carboxylic acids is 2. The van der Waals surface area contributed by atoms with Gasteiger partial charge in [-0.2, -0.15) is 0 Å². The van der Waals surface area contributed by atoms with Crippen molar-refractivity contribution in [3.63, 3.8) is 0 Å². The molecule has 2 amide bonds. The average molecular weight is 588 g/mol. The molecule has 0 radical (unpaired) electrons. The highest BCUT2D eigenvalue weighted by molar-refractivity contribution is 6.31. The summed E-state index contributed by atoms with van der Waals surface area (Å²) >= 11 is 5.90. The Balaban J connectivity index is 1.80. The maximum Gasteiger partial charge on any atom is 0.295 e. The van der Waals surface area contributed by atoms with E-state index >= 15 is 0 Å². The van der Waals surface area contributed by atoms with Crippen molar-refractivity contribution in [3.8, 4) is 11.4 Å². The number of amides is 2. The van der Waals surface area contributed by atoms with Crippen molar-refractivity contribution in [3.05, 3.63) is 74.9 Å². The van der Waals surface area contributed by atoms with Crippen LogP contribution in [0.25, 0.3) is 5.69 Å². The molecule has 0 unspecified atom stereocenters. The van der Waals surface area contributed by atoms with Crippen LogP contribution in [0.2, 0.25) is 5.02 Å². The molecule has 2 aromatic carbocycles. The summed E-state index contributed by atoms with van der Waals surface area (Å²) in [7, 11) is 5.73. The third-order valence-electron chi connectivity index (χ3n) is 6.95. The van der Waals surface area contributed by atoms with E-state index in [0.29, 0.717) is 17.8 Å². The fourth-order valence-electron chi connectivity index (χ4n) is 4.41. The van der Waals surface area contributed by atoms with Gasteiger partial charge in [-0.05, 0) is 51.6 Å². The number of nitrogens with zero attached hydrogens (tertiary/aromatic N) is 3. The van der Waals surface area contributed by atoms with Crippen LogP contribution in [-0.2, 0) is 18.3 Å². The number of benzene rings is 2. The molecule has 1 atom stereocenters. The van der Waals surface area contributed by atoms with E-state index in [0.717, 1.165) is 6.07 Å². The molecule has 0 aliphatic heterocycles. The van der Waals surface area contributed by atoms with Crippen molar-refractivity contribution in [2.45, 2.75) is 46.6 Å². The van der Waals surface area contributed by atoms with Crippen LogP contribution in [0.3, 0.4) is 0 Å². The molecule has 1 heterocycles. The van der Waals surface area contributed by atoms with Crippen LogP contribution < -0.4 is 20.9 Å². The average Bonchev–Trinajstić information content (AvgIpc) is 3.13. The van der Waals surface area contributed by atoms with Gasteiger partial charge in [-0.1, -0.05) is 43.6 Å². The summed E-state index contributed by atoms with van der Waals surface area (Å²) in [6.45, 7) is 7.81. The minimum absolute atomic E-state index is 0.0259. The Morgan fingerprint density at radius 3 is 2.44 bits per heavy atom. The number of para-hydroxylation sites is 1. The number of nitrogens with one attached hydrogen (secondary N) is 2. The fourth-order valence-corrected chi connectivity index (χ4v) is 4.57. The predicted octanol–water partition coefficient (Wildman–Crippen LogP) is 4.64. The van der Waals surface area contributed by atoms with Gasteiger partial charge in [0.05, 0.1) is 28.6 Å². The zero-order chi connectivity index (χ0) is 30.5. The highest BCUT2D eigenvalue weighted by atomic mass is 35.5. The molecule has 0 bridgehead atoms. The topological polar surface area (TPSA) is 97.6 Å². The fraction of sp³-hybridized carbons (Fsp3) is 0.433. The molecule has 0 saturated heterocycles. The minimum Gasteiger partial charge on any atom is -0.493 e. The molecule has 9 nitrogen and oxygen atoms in total. The van der Waals surface area contributed by atoms with Crippen molar-refractivity contribution < 1.29 is 18.7 Å². The number of aromatic nitrogens is 2. The van der Waals surface area contributed by atoms with Gasteiger partial charge in [-0.25, -0.2) is 9.07 Å². The molecule has 0 aliphatic carbocycles. The lowest BCUT2D eigenvalue weighted by atomic mass is 9.88. The summed E-state index contributed by atoms with van der Waals surface area (Å²) in [5.74, 6) is -1.46. The molecular formula is C30H39ClFN5O4. The van der Waals surface area contributed by atoms with Crippen LogP contribution in [0.4, 0.5) is 10.1 Å². The van der Waals surface area contributed by atoms with E-state index < -0.39 is 17.1 Å². The lowest BCUT2D eigenvalue weighted by Gasteiger charge is -2.25. The largest absolute Gasteiger partial charge is 0.493 e. The summed E-state index contributed by atoms with van der Waals surface area (Å²) in [4.78, 5) is 41.8. The summed E-state index contributed by atoms with van der Waals surface area (Å²) in [6, 6.07) is 11.7. The van der Waals surface area contributed by atoms with E-state index in [1.54, 1.807) is 23.3 Å². The lowest BCUT2D eigenvalue weighted by Crippen LogP contribution is -2.37. The Hall–Kier alpha value is -3.63. The molecule has 41 heavy (non-hydrogen) atoms. The Kier molecular flexibility index (Phi) is 10.4. The highest BCUT2D eigenvalue weighted by Crippen LogP contribution is 2.27. The number of rotatable bonds is 12. The number of carbonyl (C=O) groups is 2. The Morgan fingerprint density at radius 1 is 1.17 bits per heavy atom. The van der Waals surface area contributed by atoms with Gasteiger partial charge in [0.25, 0.3) is 11.5 Å². The van der Waals surface area contributed by atoms with E-state index in [9.17, 15) is 18.8 Å². The summed E-state index contributed by atoms with van der Waals surface area (Å²) < 4.78 is 22.6.